The number of esters is 1. The van der Waals surface area contributed by atoms with Crippen LogP contribution in [-0.4, -0.2) is 49.3 Å². The first-order valence-electron chi connectivity index (χ1n) is 12.6. The van der Waals surface area contributed by atoms with Crippen molar-refractivity contribution in [2.75, 3.05) is 38.0 Å². The van der Waals surface area contributed by atoms with Crippen LogP contribution in [-0.2, 0) is 16.0 Å². The third-order valence-corrected chi connectivity index (χ3v) is 7.80. The van der Waals surface area contributed by atoms with Crippen LogP contribution < -0.4 is 5.32 Å². The Morgan fingerprint density at radius 2 is 1.50 bits per heavy atom. The first kappa shape index (κ1) is 22.7. The van der Waals surface area contributed by atoms with E-state index < -0.39 is 0 Å². The zero-order valence-corrected chi connectivity index (χ0v) is 19.8. The second-order valence-corrected chi connectivity index (χ2v) is 9.95. The number of fused-ring (bicyclic) bond motifs is 3. The van der Waals surface area contributed by atoms with Crippen molar-refractivity contribution >= 4 is 11.7 Å². The van der Waals surface area contributed by atoms with Crippen molar-refractivity contribution < 1.29 is 14.0 Å². The molecule has 2 bridgehead atoms. The molecule has 3 aromatic rings. The lowest BCUT2D eigenvalue weighted by Crippen LogP contribution is -2.65. The van der Waals surface area contributed by atoms with Crippen molar-refractivity contribution in [1.82, 2.24) is 0 Å². The highest BCUT2D eigenvalue weighted by Crippen LogP contribution is 2.36. The minimum Gasteiger partial charge on any atom is -0.456 e. The Bertz CT molecular complexity index is 1050. The molecular weight excluding hydrogens is 420 g/mol. The van der Waals surface area contributed by atoms with E-state index in [4.69, 9.17) is 4.74 Å². The normalized spacial score (nSPS) is 24.4. The molecule has 6 rings (SSSR count). The Balaban J connectivity index is 1.26. The Kier molecular flexibility index (Phi) is 6.96. The number of benzene rings is 3. The number of hydrogen-bond donors (Lipinski definition) is 1. The maximum atomic E-state index is 13.5. The summed E-state index contributed by atoms with van der Waals surface area (Å²) in [6.45, 7) is 5.03. The van der Waals surface area contributed by atoms with Gasteiger partial charge >= 0.3 is 5.97 Å². The van der Waals surface area contributed by atoms with Crippen molar-refractivity contribution in [2.45, 2.75) is 31.3 Å². The zero-order chi connectivity index (χ0) is 23.2. The summed E-state index contributed by atoms with van der Waals surface area (Å²) < 4.78 is 7.40. The van der Waals surface area contributed by atoms with Crippen LogP contribution in [0.15, 0.2) is 91.0 Å². The largest absolute Gasteiger partial charge is 0.456 e. The maximum absolute atomic E-state index is 13.5. The van der Waals surface area contributed by atoms with E-state index in [-0.39, 0.29) is 18.0 Å². The summed E-state index contributed by atoms with van der Waals surface area (Å²) in [7, 11) is 0. The SMILES string of the molecule is O=C(OC1C[N+]2(CCc3ccccc3)CCC1CC2)C(CNc1ccccc1)c1ccccc1. The second-order valence-electron chi connectivity index (χ2n) is 9.95. The molecule has 0 saturated carbocycles. The van der Waals surface area contributed by atoms with E-state index >= 15 is 0 Å². The van der Waals surface area contributed by atoms with Crippen LogP contribution in [0.3, 0.4) is 0 Å². The van der Waals surface area contributed by atoms with Gasteiger partial charge in [0.2, 0.25) is 0 Å². The highest BCUT2D eigenvalue weighted by Gasteiger charge is 2.47. The van der Waals surface area contributed by atoms with Crippen molar-refractivity contribution in [2.24, 2.45) is 5.92 Å². The second kappa shape index (κ2) is 10.4. The average Bonchev–Trinajstić information content (AvgIpc) is 2.90. The molecule has 2 unspecified atom stereocenters. The summed E-state index contributed by atoms with van der Waals surface area (Å²) in [6.07, 6.45) is 3.42. The van der Waals surface area contributed by atoms with E-state index in [2.05, 4.69) is 35.6 Å². The standard InChI is InChI=1S/C30H35N2O2/c33-30(28(25-12-6-2-7-13-25)22-31-27-14-8-3-9-15-27)34-29-23-32(20-17-26(29)18-21-32)19-16-24-10-4-1-5-11-24/h1-15,26,28-29,31H,16-23H2/q+1. The molecule has 2 atom stereocenters. The molecule has 3 aliphatic rings. The fourth-order valence-electron chi connectivity index (χ4n) is 5.71. The molecule has 0 aromatic heterocycles. The fourth-order valence-corrected chi connectivity index (χ4v) is 5.71. The number of anilines is 1. The average molecular weight is 456 g/mol. The number of ether oxygens (including phenoxy) is 1. The molecule has 4 heteroatoms. The van der Waals surface area contributed by atoms with E-state index in [9.17, 15) is 4.79 Å². The molecule has 3 fully saturated rings. The van der Waals surface area contributed by atoms with E-state index in [1.54, 1.807) is 0 Å². The van der Waals surface area contributed by atoms with Crippen LogP contribution in [0.25, 0.3) is 0 Å². The van der Waals surface area contributed by atoms with E-state index in [1.165, 1.54) is 18.7 Å². The van der Waals surface area contributed by atoms with E-state index in [1.807, 2.05) is 60.7 Å². The van der Waals surface area contributed by atoms with Gasteiger partial charge in [-0.15, -0.1) is 0 Å². The summed E-state index contributed by atoms with van der Waals surface area (Å²) in [6, 6.07) is 30.9. The number of piperidine rings is 3. The van der Waals surface area contributed by atoms with Gasteiger partial charge in [0.15, 0.2) is 6.10 Å². The van der Waals surface area contributed by atoms with Crippen LogP contribution in [0.5, 0.6) is 0 Å². The molecule has 4 nitrogen and oxygen atoms in total. The quantitative estimate of drug-likeness (QED) is 0.353. The van der Waals surface area contributed by atoms with Crippen molar-refractivity contribution in [1.29, 1.82) is 0 Å². The first-order valence-corrected chi connectivity index (χ1v) is 12.6. The number of para-hydroxylation sites is 1. The smallest absolute Gasteiger partial charge is 0.315 e. The molecule has 34 heavy (non-hydrogen) atoms. The van der Waals surface area contributed by atoms with Gasteiger partial charge in [-0.1, -0.05) is 78.9 Å². The molecule has 0 amide bonds. The van der Waals surface area contributed by atoms with Gasteiger partial charge in [-0.25, -0.2) is 0 Å². The zero-order valence-electron chi connectivity index (χ0n) is 19.8. The first-order chi connectivity index (χ1) is 16.7. The molecule has 3 heterocycles. The van der Waals surface area contributed by atoms with Gasteiger partial charge in [0, 0.05) is 37.4 Å². The minimum atomic E-state index is -0.324. The lowest BCUT2D eigenvalue weighted by molar-refractivity contribution is -0.946. The van der Waals surface area contributed by atoms with Crippen LogP contribution >= 0.6 is 0 Å². The third kappa shape index (κ3) is 5.34. The monoisotopic (exact) mass is 455 g/mol. The topological polar surface area (TPSA) is 38.3 Å². The molecule has 0 aliphatic carbocycles. The highest BCUT2D eigenvalue weighted by molar-refractivity contribution is 5.79. The van der Waals surface area contributed by atoms with Crippen molar-refractivity contribution in [3.8, 4) is 0 Å². The number of carbonyl (C=O) groups is 1. The molecule has 3 aromatic carbocycles. The summed E-state index contributed by atoms with van der Waals surface area (Å²) in [4.78, 5) is 13.5. The van der Waals surface area contributed by atoms with Gasteiger partial charge in [0.25, 0.3) is 0 Å². The predicted octanol–water partition coefficient (Wildman–Crippen LogP) is 5.28. The van der Waals surface area contributed by atoms with Gasteiger partial charge in [0.05, 0.1) is 25.6 Å². The molecule has 176 valence electrons. The lowest BCUT2D eigenvalue weighted by atomic mass is 9.82. The van der Waals surface area contributed by atoms with Gasteiger partial charge in [-0.3, -0.25) is 4.79 Å². The van der Waals surface area contributed by atoms with Gasteiger partial charge in [0.1, 0.15) is 6.54 Å². The summed E-state index contributed by atoms with van der Waals surface area (Å²) in [5.74, 6) is 0.0726. The lowest BCUT2D eigenvalue weighted by Gasteiger charge is -2.52. The molecule has 3 aliphatic heterocycles. The predicted molar refractivity (Wildman–Crippen MR) is 137 cm³/mol. The molecule has 3 saturated heterocycles. The Morgan fingerprint density at radius 3 is 2.18 bits per heavy atom. The van der Waals surface area contributed by atoms with Crippen LogP contribution in [0.1, 0.15) is 29.9 Å². The number of nitrogens with zero attached hydrogens (tertiary/aromatic N) is 1. The number of rotatable bonds is 9. The minimum absolute atomic E-state index is 0.0220. The number of quaternary nitrogens is 1. The summed E-state index contributed by atoms with van der Waals surface area (Å²) in [5.41, 5.74) is 3.42. The Hall–Kier alpha value is -3.11. The number of nitrogens with one attached hydrogen (secondary N) is 1. The fraction of sp³-hybridized carbons (Fsp3) is 0.367. The van der Waals surface area contributed by atoms with E-state index in [0.29, 0.717) is 12.5 Å². The van der Waals surface area contributed by atoms with Gasteiger partial charge < -0.3 is 14.5 Å². The van der Waals surface area contributed by atoms with Gasteiger partial charge in [-0.2, -0.15) is 0 Å². The maximum Gasteiger partial charge on any atom is 0.315 e. The number of carbonyl (C=O) groups excluding carboxylic acids is 1. The van der Waals surface area contributed by atoms with Crippen LogP contribution in [0.4, 0.5) is 5.69 Å². The Labute approximate surface area is 203 Å². The Morgan fingerprint density at radius 1 is 0.882 bits per heavy atom. The molecule has 0 radical (unpaired) electrons. The van der Waals surface area contributed by atoms with Gasteiger partial charge in [-0.05, 0) is 23.3 Å². The summed E-state index contributed by atoms with van der Waals surface area (Å²) >= 11 is 0. The van der Waals surface area contributed by atoms with Crippen LogP contribution in [0.2, 0.25) is 0 Å². The van der Waals surface area contributed by atoms with Crippen LogP contribution in [0, 0.1) is 5.92 Å². The van der Waals surface area contributed by atoms with E-state index in [0.717, 1.165) is 48.1 Å². The number of hydrogen-bond acceptors (Lipinski definition) is 3. The molecule has 0 spiro atoms. The molecular formula is C30H35N2O2+. The third-order valence-electron chi connectivity index (χ3n) is 7.80. The highest BCUT2D eigenvalue weighted by atomic mass is 16.5. The summed E-state index contributed by atoms with van der Waals surface area (Å²) in [5, 5.41) is 3.44. The van der Waals surface area contributed by atoms with Crippen molar-refractivity contribution in [3.63, 3.8) is 0 Å². The van der Waals surface area contributed by atoms with Crippen molar-refractivity contribution in [3.05, 3.63) is 102 Å². The molecule has 1 N–H and O–H groups in total.